The first kappa shape index (κ1) is 38.6. The summed E-state index contributed by atoms with van der Waals surface area (Å²) in [5, 5.41) is 19.5. The maximum absolute atomic E-state index is 12.9. The van der Waals surface area contributed by atoms with Gasteiger partial charge in [0.15, 0.2) is 0 Å². The third-order valence-electron chi connectivity index (χ3n) is 10.7. The van der Waals surface area contributed by atoms with E-state index in [0.717, 1.165) is 18.4 Å². The molecule has 5 aromatic carbocycles. The van der Waals surface area contributed by atoms with Crippen LogP contribution in [0, 0.1) is 11.8 Å². The third-order valence-corrected chi connectivity index (χ3v) is 16.2. The molecule has 0 saturated heterocycles. The summed E-state index contributed by atoms with van der Waals surface area (Å²) in [4.78, 5) is 2.35. The van der Waals surface area contributed by atoms with Gasteiger partial charge in [-0.1, -0.05) is 178 Å². The normalized spacial score (nSPS) is 19.9. The number of hydrogen-bond acceptors (Lipinski definition) is 2. The smallest absolute Gasteiger partial charge is 0.0834 e. The average Bonchev–Trinajstić information content (AvgIpc) is 3.88. The topological polar surface area (TPSA) is 23.5 Å². The van der Waals surface area contributed by atoms with Crippen molar-refractivity contribution in [2.75, 3.05) is 14.1 Å². The predicted molar refractivity (Wildman–Crippen MR) is 215 cm³/mol. The summed E-state index contributed by atoms with van der Waals surface area (Å²) in [6.45, 7) is 2.35. The molecule has 262 valence electrons. The van der Waals surface area contributed by atoms with E-state index < -0.39 is 21.9 Å². The third kappa shape index (κ3) is 9.24. The number of benzene rings is 5. The van der Waals surface area contributed by atoms with E-state index in [1.165, 1.54) is 58.6 Å². The summed E-state index contributed by atoms with van der Waals surface area (Å²) in [6, 6.07) is 53.0. The van der Waals surface area contributed by atoms with Crippen LogP contribution in [0.5, 0.6) is 0 Å². The van der Waals surface area contributed by atoms with Gasteiger partial charge >= 0.3 is 0 Å². The van der Waals surface area contributed by atoms with Crippen LogP contribution >= 0.6 is 15.8 Å². The molecule has 5 heteroatoms. The van der Waals surface area contributed by atoms with Gasteiger partial charge in [0.1, 0.15) is 0 Å². The van der Waals surface area contributed by atoms with Gasteiger partial charge in [0.2, 0.25) is 0 Å². The standard InChI is InChI=1S/C40H43NOP2.C5H10.Fe/c1-30(41(2)3)35-28-29-38(44(33-22-12-6-13-23-33)34-24-14-7-15-25-34)39(35)40(42)36-26-16-17-27-37(36)43(31-18-8-4-9-19-31)32-20-10-5-11-21-32;1-2-4-5-3-1;/h4-27,30,35,38-40,42H,28-29H2,1-3H3;1-5H2;/t30-,35?,38?,39?,40+;;/m1../s1. The Labute approximate surface area is 314 Å². The van der Waals surface area contributed by atoms with Crippen LogP contribution in [0.3, 0.4) is 0 Å². The van der Waals surface area contributed by atoms with Crippen LogP contribution in [-0.2, 0) is 17.1 Å². The molecule has 2 aliphatic carbocycles. The Balaban J connectivity index is 0.000000745. The zero-order valence-corrected chi connectivity index (χ0v) is 32.7. The Morgan fingerprint density at radius 3 is 1.40 bits per heavy atom. The van der Waals surface area contributed by atoms with Gasteiger partial charge in [0, 0.05) is 29.0 Å². The van der Waals surface area contributed by atoms with E-state index in [1.54, 1.807) is 0 Å². The van der Waals surface area contributed by atoms with Crippen LogP contribution in [-0.4, -0.2) is 35.8 Å². The summed E-state index contributed by atoms with van der Waals surface area (Å²) in [6.07, 6.45) is 9.17. The van der Waals surface area contributed by atoms with Crippen LogP contribution in [0.2, 0.25) is 0 Å². The van der Waals surface area contributed by atoms with Crippen molar-refractivity contribution in [1.82, 2.24) is 4.90 Å². The first-order valence-corrected chi connectivity index (χ1v) is 21.0. The quantitative estimate of drug-likeness (QED) is 0.114. The molecule has 3 unspecified atom stereocenters. The fraction of sp³-hybridized carbons (Fsp3) is 0.333. The summed E-state index contributed by atoms with van der Waals surface area (Å²) in [5.74, 6) is 0.513. The van der Waals surface area contributed by atoms with Crippen LogP contribution < -0.4 is 26.5 Å². The molecule has 0 radical (unpaired) electrons. The van der Waals surface area contributed by atoms with Crippen molar-refractivity contribution in [3.63, 3.8) is 0 Å². The van der Waals surface area contributed by atoms with E-state index >= 15 is 0 Å². The second-order valence-electron chi connectivity index (χ2n) is 13.9. The maximum Gasteiger partial charge on any atom is 0.0834 e. The molecular formula is C45H53FeNOP2. The van der Waals surface area contributed by atoms with E-state index in [9.17, 15) is 5.11 Å². The van der Waals surface area contributed by atoms with E-state index in [4.69, 9.17) is 0 Å². The molecule has 2 fully saturated rings. The Hall–Kier alpha value is -2.60. The molecule has 50 heavy (non-hydrogen) atoms. The molecule has 0 aliphatic heterocycles. The van der Waals surface area contributed by atoms with E-state index in [1.807, 2.05) is 0 Å². The molecule has 0 heterocycles. The zero-order chi connectivity index (χ0) is 34.0. The molecule has 0 spiro atoms. The minimum absolute atomic E-state index is 0. The van der Waals surface area contributed by atoms with Gasteiger partial charge in [-0.05, 0) is 93.4 Å². The van der Waals surface area contributed by atoms with Crippen molar-refractivity contribution in [2.45, 2.75) is 69.7 Å². The van der Waals surface area contributed by atoms with Gasteiger partial charge in [-0.15, -0.1) is 0 Å². The molecule has 7 rings (SSSR count). The van der Waals surface area contributed by atoms with E-state index in [-0.39, 0.29) is 23.0 Å². The second-order valence-corrected chi connectivity index (χ2v) is 18.5. The zero-order valence-electron chi connectivity index (χ0n) is 29.8. The Kier molecular flexibility index (Phi) is 14.9. The van der Waals surface area contributed by atoms with Gasteiger partial charge in [0.25, 0.3) is 0 Å². The van der Waals surface area contributed by atoms with E-state index in [2.05, 4.69) is 172 Å². The van der Waals surface area contributed by atoms with Crippen molar-refractivity contribution < 1.29 is 22.2 Å². The van der Waals surface area contributed by atoms with Crippen molar-refractivity contribution >= 4 is 42.4 Å². The SMILES string of the molecule is C1CCCC1.C[C@H](C1CCC(P(c2ccccc2)c2ccccc2)C1[C@@H](O)c1ccccc1P(c1ccccc1)c1ccccc1)N(C)C.[Fe]. The van der Waals surface area contributed by atoms with Gasteiger partial charge in [-0.3, -0.25) is 0 Å². The summed E-state index contributed by atoms with van der Waals surface area (Å²) in [7, 11) is 2.87. The number of aliphatic hydroxyl groups excluding tert-OH is 1. The average molecular weight is 742 g/mol. The summed E-state index contributed by atoms with van der Waals surface area (Å²) in [5.41, 5.74) is 1.46. The largest absolute Gasteiger partial charge is 0.388 e. The first-order chi connectivity index (χ1) is 24.0. The molecule has 2 nitrogen and oxygen atoms in total. The van der Waals surface area contributed by atoms with Crippen LogP contribution in [0.15, 0.2) is 146 Å². The number of rotatable bonds is 10. The molecule has 0 amide bonds. The Bertz CT molecular complexity index is 1600. The van der Waals surface area contributed by atoms with Crippen LogP contribution in [0.25, 0.3) is 0 Å². The molecule has 0 aromatic heterocycles. The Morgan fingerprint density at radius 2 is 0.960 bits per heavy atom. The van der Waals surface area contributed by atoms with Crippen molar-refractivity contribution in [2.24, 2.45) is 11.8 Å². The maximum atomic E-state index is 12.9. The second kappa shape index (κ2) is 19.3. The molecule has 2 saturated carbocycles. The fourth-order valence-corrected chi connectivity index (χ4v) is 13.7. The van der Waals surface area contributed by atoms with Gasteiger partial charge in [0.05, 0.1) is 6.10 Å². The van der Waals surface area contributed by atoms with Crippen LogP contribution in [0.1, 0.15) is 63.5 Å². The molecule has 2 aliphatic rings. The number of nitrogens with zero attached hydrogens (tertiary/aromatic N) is 1. The van der Waals surface area contributed by atoms with Gasteiger partial charge < -0.3 is 10.0 Å². The van der Waals surface area contributed by atoms with Gasteiger partial charge in [-0.2, -0.15) is 0 Å². The first-order valence-electron chi connectivity index (χ1n) is 18.3. The molecule has 5 atom stereocenters. The van der Waals surface area contributed by atoms with Gasteiger partial charge in [-0.25, -0.2) is 0 Å². The fourth-order valence-electron chi connectivity index (χ4n) is 8.05. The van der Waals surface area contributed by atoms with Crippen molar-refractivity contribution in [3.05, 3.63) is 151 Å². The van der Waals surface area contributed by atoms with E-state index in [0.29, 0.717) is 17.6 Å². The minimum Gasteiger partial charge on any atom is -0.388 e. The molecule has 0 bridgehead atoms. The minimum atomic E-state index is -0.838. The van der Waals surface area contributed by atoms with Crippen molar-refractivity contribution in [1.29, 1.82) is 0 Å². The number of hydrogen-bond donors (Lipinski definition) is 1. The molecular weight excluding hydrogens is 688 g/mol. The monoisotopic (exact) mass is 741 g/mol. The van der Waals surface area contributed by atoms with Crippen LogP contribution in [0.4, 0.5) is 0 Å². The molecule has 1 N–H and O–H groups in total. The van der Waals surface area contributed by atoms with Crippen molar-refractivity contribution in [3.8, 4) is 0 Å². The Morgan fingerprint density at radius 1 is 0.560 bits per heavy atom. The molecule has 5 aromatic rings. The predicted octanol–water partition coefficient (Wildman–Crippen LogP) is 8.90. The number of aliphatic hydroxyl groups is 1. The summed E-state index contributed by atoms with van der Waals surface area (Å²) >= 11 is 0. The summed E-state index contributed by atoms with van der Waals surface area (Å²) < 4.78 is 0.